The van der Waals surface area contributed by atoms with Crippen molar-refractivity contribution in [1.29, 1.82) is 0 Å². The van der Waals surface area contributed by atoms with E-state index in [9.17, 15) is 14.3 Å². The third kappa shape index (κ3) is 4.23. The normalized spacial score (nSPS) is 16.9. The lowest BCUT2D eigenvalue weighted by Gasteiger charge is -2.34. The summed E-state index contributed by atoms with van der Waals surface area (Å²) in [6.07, 6.45) is 3.63. The van der Waals surface area contributed by atoms with Gasteiger partial charge >= 0.3 is 0 Å². The lowest BCUT2D eigenvalue weighted by atomic mass is 9.87. The van der Waals surface area contributed by atoms with Gasteiger partial charge in [-0.25, -0.2) is 9.37 Å². The number of piperidine rings is 1. The maximum absolute atomic E-state index is 13.1. The summed E-state index contributed by atoms with van der Waals surface area (Å²) in [5.41, 5.74) is 3.02. The molecular formula is C23H26FN3O2. The van der Waals surface area contributed by atoms with Crippen molar-refractivity contribution in [1.82, 2.24) is 14.3 Å². The van der Waals surface area contributed by atoms with Crippen molar-refractivity contribution in [2.24, 2.45) is 5.92 Å². The number of hydrogen-bond donors (Lipinski definition) is 1. The number of aliphatic hydroxyl groups excluding tert-OH is 1. The van der Waals surface area contributed by atoms with Gasteiger partial charge in [0, 0.05) is 24.0 Å². The Hall–Kier alpha value is -2.57. The van der Waals surface area contributed by atoms with Crippen LogP contribution in [0, 0.1) is 18.7 Å². The van der Waals surface area contributed by atoms with E-state index in [1.165, 1.54) is 12.1 Å². The highest BCUT2D eigenvalue weighted by Gasteiger charge is 2.26. The monoisotopic (exact) mass is 395 g/mol. The molecule has 1 aliphatic rings. The number of hydrogen-bond acceptors (Lipinski definition) is 4. The van der Waals surface area contributed by atoms with Gasteiger partial charge in [0.1, 0.15) is 11.5 Å². The molecule has 1 aliphatic heterocycles. The minimum atomic E-state index is -0.561. The molecule has 1 saturated heterocycles. The Morgan fingerprint density at radius 2 is 1.90 bits per heavy atom. The third-order valence-electron chi connectivity index (χ3n) is 6.00. The minimum absolute atomic E-state index is 0.00900. The van der Waals surface area contributed by atoms with Crippen LogP contribution in [0.2, 0.25) is 0 Å². The first-order valence-electron chi connectivity index (χ1n) is 10.2. The predicted molar refractivity (Wildman–Crippen MR) is 110 cm³/mol. The lowest BCUT2D eigenvalue weighted by Crippen LogP contribution is -2.37. The second-order valence-electron chi connectivity index (χ2n) is 7.84. The molecule has 1 aromatic carbocycles. The number of fused-ring (bicyclic) bond motifs is 1. The summed E-state index contributed by atoms with van der Waals surface area (Å²) < 4.78 is 14.7. The molecule has 1 unspecified atom stereocenters. The summed E-state index contributed by atoms with van der Waals surface area (Å²) in [5.74, 6) is -0.114. The van der Waals surface area contributed by atoms with Crippen LogP contribution in [0.3, 0.4) is 0 Å². The number of benzene rings is 1. The van der Waals surface area contributed by atoms with Crippen LogP contribution in [-0.2, 0) is 6.42 Å². The maximum Gasteiger partial charge on any atom is 0.261 e. The van der Waals surface area contributed by atoms with Crippen LogP contribution in [-0.4, -0.2) is 39.0 Å². The summed E-state index contributed by atoms with van der Waals surface area (Å²) >= 11 is 0. The van der Waals surface area contributed by atoms with E-state index in [-0.39, 0.29) is 17.3 Å². The van der Waals surface area contributed by atoms with Crippen molar-refractivity contribution in [2.75, 3.05) is 19.6 Å². The molecule has 2 aromatic heterocycles. The zero-order chi connectivity index (χ0) is 20.4. The standard InChI is InChI=1S/C23H26FN3O2/c1-16-20(23(29)27-12-3-2-4-21(27)25-16)11-15-26-13-9-18(10-14-26)22(28)17-5-7-19(24)8-6-17/h2-8,12,18,22,28H,9-11,13-15H2,1H3. The summed E-state index contributed by atoms with van der Waals surface area (Å²) in [4.78, 5) is 19.7. The number of halogens is 1. The molecule has 0 radical (unpaired) electrons. The number of pyridine rings is 1. The molecule has 6 heteroatoms. The zero-order valence-electron chi connectivity index (χ0n) is 16.6. The van der Waals surface area contributed by atoms with Crippen molar-refractivity contribution in [3.05, 3.63) is 81.7 Å². The van der Waals surface area contributed by atoms with Gasteiger partial charge in [0.2, 0.25) is 0 Å². The fourth-order valence-corrected chi connectivity index (χ4v) is 4.22. The van der Waals surface area contributed by atoms with E-state index in [0.717, 1.165) is 49.3 Å². The van der Waals surface area contributed by atoms with Crippen LogP contribution in [0.25, 0.3) is 5.65 Å². The average molecular weight is 395 g/mol. The molecule has 0 bridgehead atoms. The van der Waals surface area contributed by atoms with Crippen LogP contribution in [0.5, 0.6) is 0 Å². The van der Waals surface area contributed by atoms with E-state index in [1.807, 2.05) is 25.1 Å². The molecule has 1 fully saturated rings. The van der Waals surface area contributed by atoms with E-state index >= 15 is 0 Å². The molecule has 3 aromatic rings. The van der Waals surface area contributed by atoms with Crippen LogP contribution >= 0.6 is 0 Å². The van der Waals surface area contributed by atoms with E-state index in [4.69, 9.17) is 0 Å². The highest BCUT2D eigenvalue weighted by molar-refractivity contribution is 5.40. The Kier molecular flexibility index (Phi) is 5.74. The first kappa shape index (κ1) is 19.7. The number of likely N-dealkylation sites (tertiary alicyclic amines) is 1. The molecule has 152 valence electrons. The molecule has 5 nitrogen and oxygen atoms in total. The topological polar surface area (TPSA) is 57.8 Å². The third-order valence-corrected chi connectivity index (χ3v) is 6.00. The lowest BCUT2D eigenvalue weighted by molar-refractivity contribution is 0.0591. The van der Waals surface area contributed by atoms with Crippen LogP contribution < -0.4 is 5.56 Å². The molecule has 4 rings (SSSR count). The predicted octanol–water partition coefficient (Wildman–Crippen LogP) is 3.13. The molecule has 1 atom stereocenters. The van der Waals surface area contributed by atoms with Gasteiger partial charge in [-0.1, -0.05) is 18.2 Å². The van der Waals surface area contributed by atoms with Gasteiger partial charge in [0.25, 0.3) is 5.56 Å². The first-order chi connectivity index (χ1) is 14.0. The Bertz CT molecular complexity index is 1040. The maximum atomic E-state index is 13.1. The molecule has 0 spiro atoms. The summed E-state index contributed by atoms with van der Waals surface area (Å²) in [5, 5.41) is 10.6. The van der Waals surface area contributed by atoms with Crippen LogP contribution in [0.15, 0.2) is 53.5 Å². The molecule has 0 aliphatic carbocycles. The van der Waals surface area contributed by atoms with Crippen LogP contribution in [0.4, 0.5) is 4.39 Å². The molecule has 3 heterocycles. The Labute approximate surface area is 169 Å². The van der Waals surface area contributed by atoms with Crippen LogP contribution in [0.1, 0.15) is 35.8 Å². The largest absolute Gasteiger partial charge is 0.388 e. The Morgan fingerprint density at radius 1 is 1.17 bits per heavy atom. The summed E-state index contributed by atoms with van der Waals surface area (Å²) in [6, 6.07) is 11.7. The number of aliphatic hydroxyl groups is 1. The first-order valence-corrected chi connectivity index (χ1v) is 10.2. The van der Waals surface area contributed by atoms with Gasteiger partial charge in [-0.05, 0) is 75.0 Å². The van der Waals surface area contributed by atoms with Crippen molar-refractivity contribution in [2.45, 2.75) is 32.3 Å². The van der Waals surface area contributed by atoms with E-state index < -0.39 is 6.10 Å². The molecule has 0 saturated carbocycles. The van der Waals surface area contributed by atoms with Gasteiger partial charge in [0.15, 0.2) is 0 Å². The highest BCUT2D eigenvalue weighted by atomic mass is 19.1. The average Bonchev–Trinajstić information content (AvgIpc) is 2.74. The summed E-state index contributed by atoms with van der Waals surface area (Å²) in [6.45, 7) is 4.46. The Balaban J connectivity index is 1.36. The summed E-state index contributed by atoms with van der Waals surface area (Å²) in [7, 11) is 0. The quantitative estimate of drug-likeness (QED) is 0.721. The number of aryl methyl sites for hydroxylation is 1. The van der Waals surface area contributed by atoms with Gasteiger partial charge < -0.3 is 10.0 Å². The van der Waals surface area contributed by atoms with Gasteiger partial charge in [-0.15, -0.1) is 0 Å². The fourth-order valence-electron chi connectivity index (χ4n) is 4.22. The van der Waals surface area contributed by atoms with Gasteiger partial charge in [-0.3, -0.25) is 9.20 Å². The second-order valence-corrected chi connectivity index (χ2v) is 7.84. The number of rotatable bonds is 5. The van der Waals surface area contributed by atoms with Crippen molar-refractivity contribution < 1.29 is 9.50 Å². The highest BCUT2D eigenvalue weighted by Crippen LogP contribution is 2.30. The molecule has 29 heavy (non-hydrogen) atoms. The van der Waals surface area contributed by atoms with E-state index in [1.54, 1.807) is 22.7 Å². The fraction of sp³-hybridized carbons (Fsp3) is 0.391. The van der Waals surface area contributed by atoms with Crippen molar-refractivity contribution >= 4 is 5.65 Å². The van der Waals surface area contributed by atoms with Crippen molar-refractivity contribution in [3.8, 4) is 0 Å². The second kappa shape index (κ2) is 8.43. The SMILES string of the molecule is Cc1nc2ccccn2c(=O)c1CCN1CCC(C(O)c2ccc(F)cc2)CC1. The van der Waals surface area contributed by atoms with Crippen molar-refractivity contribution in [3.63, 3.8) is 0 Å². The number of nitrogens with zero attached hydrogens (tertiary/aromatic N) is 3. The Morgan fingerprint density at radius 3 is 2.62 bits per heavy atom. The molecular weight excluding hydrogens is 369 g/mol. The van der Waals surface area contributed by atoms with Gasteiger partial charge in [-0.2, -0.15) is 0 Å². The zero-order valence-corrected chi connectivity index (χ0v) is 16.6. The smallest absolute Gasteiger partial charge is 0.261 e. The van der Waals surface area contributed by atoms with E-state index in [0.29, 0.717) is 12.1 Å². The van der Waals surface area contributed by atoms with Gasteiger partial charge in [0.05, 0.1) is 6.10 Å². The number of aromatic nitrogens is 2. The minimum Gasteiger partial charge on any atom is -0.388 e. The van der Waals surface area contributed by atoms with E-state index in [2.05, 4.69) is 9.88 Å². The molecule has 0 amide bonds. The molecule has 1 N–H and O–H groups in total.